The molecule has 2 atom stereocenters. The fourth-order valence-corrected chi connectivity index (χ4v) is 3.16. The lowest BCUT2D eigenvalue weighted by Gasteiger charge is -2.09. The van der Waals surface area contributed by atoms with Gasteiger partial charge in [0.15, 0.2) is 5.82 Å². The molecule has 20 heavy (non-hydrogen) atoms. The summed E-state index contributed by atoms with van der Waals surface area (Å²) in [5.74, 6) is 2.70. The summed E-state index contributed by atoms with van der Waals surface area (Å²) in [6, 6.07) is 7.96. The number of nitrogens with one attached hydrogen (secondary N) is 1. The summed E-state index contributed by atoms with van der Waals surface area (Å²) < 4.78 is 5.37. The zero-order valence-corrected chi connectivity index (χ0v) is 12.7. The average Bonchev–Trinajstić information content (AvgIpc) is 3.06. The molecule has 1 N–H and O–H groups in total. The van der Waals surface area contributed by atoms with E-state index in [0.717, 1.165) is 28.7 Å². The zero-order chi connectivity index (χ0) is 13.9. The predicted molar refractivity (Wildman–Crippen MR) is 79.8 cm³/mol. The van der Waals surface area contributed by atoms with Crippen molar-refractivity contribution in [2.75, 3.05) is 6.54 Å². The maximum absolute atomic E-state index is 5.86. The molecule has 1 aliphatic rings. The number of benzene rings is 1. The van der Waals surface area contributed by atoms with Gasteiger partial charge in [0.2, 0.25) is 5.89 Å². The minimum atomic E-state index is 0.205. The van der Waals surface area contributed by atoms with Gasteiger partial charge in [0, 0.05) is 9.92 Å². The highest BCUT2D eigenvalue weighted by Gasteiger charge is 2.29. The van der Waals surface area contributed by atoms with E-state index in [9.17, 15) is 0 Å². The molecule has 0 amide bonds. The highest BCUT2D eigenvalue weighted by atomic mass is 35.5. The van der Waals surface area contributed by atoms with Crippen LogP contribution in [0.4, 0.5) is 0 Å². The van der Waals surface area contributed by atoms with Gasteiger partial charge in [-0.05, 0) is 43.1 Å². The third-order valence-corrected chi connectivity index (χ3v) is 4.72. The Kier molecular flexibility index (Phi) is 4.29. The Hall–Kier alpha value is -1.04. The topological polar surface area (TPSA) is 51.0 Å². The van der Waals surface area contributed by atoms with Crippen LogP contribution in [0.2, 0.25) is 5.02 Å². The van der Waals surface area contributed by atoms with Gasteiger partial charge < -0.3 is 9.84 Å². The van der Waals surface area contributed by atoms with Crippen LogP contribution >= 0.6 is 23.4 Å². The van der Waals surface area contributed by atoms with Crippen molar-refractivity contribution in [1.29, 1.82) is 0 Å². The van der Waals surface area contributed by atoms with Gasteiger partial charge in [0.1, 0.15) is 0 Å². The van der Waals surface area contributed by atoms with E-state index in [1.165, 1.54) is 0 Å². The van der Waals surface area contributed by atoms with Crippen LogP contribution in [0, 0.1) is 5.92 Å². The fourth-order valence-electron chi connectivity index (χ4n) is 2.30. The van der Waals surface area contributed by atoms with E-state index in [0.29, 0.717) is 17.6 Å². The summed E-state index contributed by atoms with van der Waals surface area (Å²) in [6.45, 7) is 3.22. The Bertz CT molecular complexity index is 572. The molecule has 1 saturated heterocycles. The lowest BCUT2D eigenvalue weighted by atomic mass is 10.0. The first-order valence-electron chi connectivity index (χ1n) is 6.66. The SMILES string of the molecule is CC1CCNC1c1nc(CSc2ccc(Cl)cc2)no1. The van der Waals surface area contributed by atoms with E-state index in [4.69, 9.17) is 16.1 Å². The van der Waals surface area contributed by atoms with Crippen molar-refractivity contribution in [3.05, 3.63) is 41.0 Å². The minimum Gasteiger partial charge on any atom is -0.338 e. The summed E-state index contributed by atoms with van der Waals surface area (Å²) in [7, 11) is 0. The maximum atomic E-state index is 5.86. The van der Waals surface area contributed by atoms with Crippen LogP contribution in [-0.4, -0.2) is 16.7 Å². The lowest BCUT2D eigenvalue weighted by molar-refractivity contribution is 0.317. The maximum Gasteiger partial charge on any atom is 0.244 e. The van der Waals surface area contributed by atoms with E-state index in [1.54, 1.807) is 11.8 Å². The highest BCUT2D eigenvalue weighted by Crippen LogP contribution is 2.29. The Morgan fingerprint density at radius 1 is 1.40 bits per heavy atom. The molecule has 1 aromatic heterocycles. The number of halogens is 1. The monoisotopic (exact) mass is 309 g/mol. The number of rotatable bonds is 4. The van der Waals surface area contributed by atoms with Crippen molar-refractivity contribution in [1.82, 2.24) is 15.5 Å². The van der Waals surface area contributed by atoms with Gasteiger partial charge in [0.05, 0.1) is 11.8 Å². The van der Waals surface area contributed by atoms with Crippen LogP contribution in [0.3, 0.4) is 0 Å². The Morgan fingerprint density at radius 2 is 2.20 bits per heavy atom. The standard InChI is InChI=1S/C14H16ClN3OS/c1-9-6-7-16-13(9)14-17-12(18-19-14)8-20-11-4-2-10(15)3-5-11/h2-5,9,13,16H,6-8H2,1H3. The van der Waals surface area contributed by atoms with Gasteiger partial charge in [-0.25, -0.2) is 0 Å². The summed E-state index contributed by atoms with van der Waals surface area (Å²) in [4.78, 5) is 5.63. The first kappa shape index (κ1) is 13.9. The van der Waals surface area contributed by atoms with Gasteiger partial charge in [-0.15, -0.1) is 11.8 Å². The third-order valence-electron chi connectivity index (χ3n) is 3.46. The second-order valence-corrected chi connectivity index (χ2v) is 6.47. The molecule has 1 aliphatic heterocycles. The van der Waals surface area contributed by atoms with Crippen molar-refractivity contribution in [3.8, 4) is 0 Å². The van der Waals surface area contributed by atoms with Crippen LogP contribution in [0.15, 0.2) is 33.7 Å². The van der Waals surface area contributed by atoms with Crippen molar-refractivity contribution >= 4 is 23.4 Å². The summed E-state index contributed by atoms with van der Waals surface area (Å²) in [5.41, 5.74) is 0. The van der Waals surface area contributed by atoms with Gasteiger partial charge in [-0.2, -0.15) is 4.98 Å². The van der Waals surface area contributed by atoms with Crippen LogP contribution in [-0.2, 0) is 5.75 Å². The largest absolute Gasteiger partial charge is 0.338 e. The van der Waals surface area contributed by atoms with Gasteiger partial charge in [0.25, 0.3) is 0 Å². The van der Waals surface area contributed by atoms with Crippen molar-refractivity contribution in [3.63, 3.8) is 0 Å². The zero-order valence-electron chi connectivity index (χ0n) is 11.2. The first-order chi connectivity index (χ1) is 9.72. The van der Waals surface area contributed by atoms with E-state index in [2.05, 4.69) is 22.4 Å². The Balaban J connectivity index is 1.61. The summed E-state index contributed by atoms with van der Waals surface area (Å²) in [5, 5.41) is 8.20. The quantitative estimate of drug-likeness (QED) is 0.873. The molecule has 106 valence electrons. The average molecular weight is 310 g/mol. The number of aromatic nitrogens is 2. The molecule has 0 bridgehead atoms. The van der Waals surface area contributed by atoms with Gasteiger partial charge in [-0.1, -0.05) is 23.7 Å². The summed E-state index contributed by atoms with van der Waals surface area (Å²) in [6.07, 6.45) is 1.15. The molecule has 2 unspecified atom stereocenters. The van der Waals surface area contributed by atoms with E-state index < -0.39 is 0 Å². The van der Waals surface area contributed by atoms with Crippen LogP contribution in [0.5, 0.6) is 0 Å². The number of thioether (sulfide) groups is 1. The van der Waals surface area contributed by atoms with Gasteiger partial charge in [-0.3, -0.25) is 0 Å². The van der Waals surface area contributed by atoms with Crippen LogP contribution in [0.1, 0.15) is 31.1 Å². The molecule has 0 saturated carbocycles. The van der Waals surface area contributed by atoms with Crippen molar-refractivity contribution < 1.29 is 4.52 Å². The third kappa shape index (κ3) is 3.16. The molecule has 0 spiro atoms. The Morgan fingerprint density at radius 3 is 2.90 bits per heavy atom. The second kappa shape index (κ2) is 6.16. The van der Waals surface area contributed by atoms with E-state index in [-0.39, 0.29) is 6.04 Å². The molecule has 4 nitrogen and oxygen atoms in total. The number of hydrogen-bond donors (Lipinski definition) is 1. The van der Waals surface area contributed by atoms with Crippen LogP contribution < -0.4 is 5.32 Å². The van der Waals surface area contributed by atoms with E-state index in [1.807, 2.05) is 24.3 Å². The molecule has 2 aromatic rings. The molecule has 0 aliphatic carbocycles. The van der Waals surface area contributed by atoms with Gasteiger partial charge >= 0.3 is 0 Å². The van der Waals surface area contributed by atoms with Crippen molar-refractivity contribution in [2.45, 2.75) is 30.0 Å². The molecule has 1 fully saturated rings. The first-order valence-corrected chi connectivity index (χ1v) is 8.03. The lowest BCUT2D eigenvalue weighted by Crippen LogP contribution is -2.16. The molecule has 1 aromatic carbocycles. The Labute approximate surface area is 127 Å². The summed E-state index contributed by atoms with van der Waals surface area (Å²) >= 11 is 7.54. The molecule has 6 heteroatoms. The molecule has 2 heterocycles. The molecule has 3 rings (SSSR count). The molecular weight excluding hydrogens is 294 g/mol. The molecule has 0 radical (unpaired) electrons. The number of nitrogens with zero attached hydrogens (tertiary/aromatic N) is 2. The van der Waals surface area contributed by atoms with Crippen molar-refractivity contribution in [2.24, 2.45) is 5.92 Å². The normalized spacial score (nSPS) is 22.3. The number of hydrogen-bond acceptors (Lipinski definition) is 5. The molecular formula is C14H16ClN3OS. The van der Waals surface area contributed by atoms with Crippen LogP contribution in [0.25, 0.3) is 0 Å². The minimum absolute atomic E-state index is 0.205. The predicted octanol–water partition coefficient (Wildman–Crippen LogP) is 3.69. The highest BCUT2D eigenvalue weighted by molar-refractivity contribution is 7.98. The smallest absolute Gasteiger partial charge is 0.244 e. The fraction of sp³-hybridized carbons (Fsp3) is 0.429. The van der Waals surface area contributed by atoms with E-state index >= 15 is 0 Å². The second-order valence-electron chi connectivity index (χ2n) is 4.99.